The largest absolute Gasteiger partial charge is 0.465 e. The number of ether oxygens (including phenoxy) is 2. The molecule has 1 atom stereocenters. The Bertz CT molecular complexity index is 1600. The number of anilines is 1. The Kier molecular flexibility index (Phi) is 8.10. The fraction of sp³-hybridized carbons (Fsp3) is 0.226. The van der Waals surface area contributed by atoms with Crippen LogP contribution in [0, 0.1) is 10.1 Å². The van der Waals surface area contributed by atoms with Gasteiger partial charge in [-0.15, -0.1) is 11.3 Å². The molecule has 41 heavy (non-hydrogen) atoms. The summed E-state index contributed by atoms with van der Waals surface area (Å²) in [5.74, 6) is -0.236. The van der Waals surface area contributed by atoms with Gasteiger partial charge < -0.3 is 9.47 Å². The van der Waals surface area contributed by atoms with Crippen LogP contribution in [0.15, 0.2) is 78.9 Å². The summed E-state index contributed by atoms with van der Waals surface area (Å²) < 4.78 is 11.2. The van der Waals surface area contributed by atoms with E-state index in [0.717, 1.165) is 24.0 Å². The molecule has 0 saturated heterocycles. The topological polar surface area (TPSA) is 108 Å². The number of nitrogens with one attached hydrogen (secondary N) is 1. The zero-order valence-electron chi connectivity index (χ0n) is 22.4. The monoisotopic (exact) mass is 590 g/mol. The maximum absolute atomic E-state index is 12.7. The van der Waals surface area contributed by atoms with Gasteiger partial charge in [0.1, 0.15) is 6.10 Å². The van der Waals surface area contributed by atoms with Crippen LogP contribution in [-0.2, 0) is 19.7 Å². The zero-order valence-corrected chi connectivity index (χ0v) is 24.0. The molecule has 10 heteroatoms. The molecule has 210 valence electrons. The highest BCUT2D eigenvalue weighted by atomic mass is 35.5. The molecule has 1 unspecified atom stereocenters. The standard InChI is InChI=1S/C31H27ClN2O6S/c1-3-39-29(35)31(15-16-31)23-12-9-21(10-13-23)24-14-11-22(17-26(24)34(37)38)28-25(18-27(32)41-28)33-30(36)40-19(2)20-7-5-4-6-8-20/h4-14,17-19H,3,15-16H2,1-2H3,(H,33,36). The van der Waals surface area contributed by atoms with Crippen molar-refractivity contribution in [3.8, 4) is 21.6 Å². The number of carbonyl (C=O) groups excluding carboxylic acids is 2. The molecular formula is C31H27ClN2O6S. The van der Waals surface area contributed by atoms with Crippen molar-refractivity contribution >= 4 is 46.4 Å². The summed E-state index contributed by atoms with van der Waals surface area (Å²) in [6.07, 6.45) is 0.295. The number of halogens is 1. The van der Waals surface area contributed by atoms with Crippen LogP contribution in [0.5, 0.6) is 0 Å². The molecular weight excluding hydrogens is 564 g/mol. The van der Waals surface area contributed by atoms with Gasteiger partial charge in [0.05, 0.1) is 37.4 Å². The number of thiophene rings is 1. The molecule has 0 aliphatic heterocycles. The Morgan fingerprint density at radius 1 is 1.05 bits per heavy atom. The highest BCUT2D eigenvalue weighted by molar-refractivity contribution is 7.20. The number of benzene rings is 3. The molecule has 5 rings (SSSR count). The van der Waals surface area contributed by atoms with Crippen LogP contribution in [0.4, 0.5) is 16.2 Å². The Morgan fingerprint density at radius 3 is 2.37 bits per heavy atom. The molecule has 0 bridgehead atoms. The second-order valence-corrected chi connectivity index (χ2v) is 11.4. The van der Waals surface area contributed by atoms with Crippen molar-refractivity contribution in [1.82, 2.24) is 0 Å². The lowest BCUT2D eigenvalue weighted by molar-refractivity contribution is -0.384. The Labute approximate surface area is 246 Å². The molecule has 1 saturated carbocycles. The fourth-order valence-electron chi connectivity index (χ4n) is 4.80. The number of hydrogen-bond donors (Lipinski definition) is 1. The van der Waals surface area contributed by atoms with Crippen LogP contribution in [0.25, 0.3) is 21.6 Å². The quantitative estimate of drug-likeness (QED) is 0.119. The van der Waals surface area contributed by atoms with Crippen LogP contribution in [0.2, 0.25) is 4.34 Å². The van der Waals surface area contributed by atoms with Crippen LogP contribution < -0.4 is 5.32 Å². The van der Waals surface area contributed by atoms with Crippen molar-refractivity contribution in [1.29, 1.82) is 0 Å². The summed E-state index contributed by atoms with van der Waals surface area (Å²) in [5, 5.41) is 14.9. The van der Waals surface area contributed by atoms with Crippen LogP contribution in [0.3, 0.4) is 0 Å². The van der Waals surface area contributed by atoms with Gasteiger partial charge in [0.15, 0.2) is 0 Å². The van der Waals surface area contributed by atoms with E-state index in [2.05, 4.69) is 5.32 Å². The van der Waals surface area contributed by atoms with Gasteiger partial charge in [0, 0.05) is 11.6 Å². The molecule has 4 aromatic rings. The van der Waals surface area contributed by atoms with Gasteiger partial charge in [0.25, 0.3) is 5.69 Å². The number of esters is 1. The lowest BCUT2D eigenvalue weighted by Gasteiger charge is -2.15. The molecule has 1 N–H and O–H groups in total. The van der Waals surface area contributed by atoms with E-state index in [4.69, 9.17) is 21.1 Å². The normalized spacial score (nSPS) is 14.1. The second-order valence-electron chi connectivity index (χ2n) is 9.75. The zero-order chi connectivity index (χ0) is 29.1. The second kappa shape index (κ2) is 11.7. The molecule has 1 fully saturated rings. The van der Waals surface area contributed by atoms with E-state index in [1.165, 1.54) is 17.4 Å². The van der Waals surface area contributed by atoms with Crippen molar-refractivity contribution in [2.45, 2.75) is 38.2 Å². The Morgan fingerprint density at radius 2 is 1.73 bits per heavy atom. The first-order chi connectivity index (χ1) is 19.7. The predicted molar refractivity (Wildman–Crippen MR) is 159 cm³/mol. The van der Waals surface area contributed by atoms with Gasteiger partial charge in [-0.1, -0.05) is 72.3 Å². The van der Waals surface area contributed by atoms with Crippen molar-refractivity contribution in [2.75, 3.05) is 11.9 Å². The average Bonchev–Trinajstić information content (AvgIpc) is 3.71. The van der Waals surface area contributed by atoms with Crippen LogP contribution in [0.1, 0.15) is 43.9 Å². The van der Waals surface area contributed by atoms with Gasteiger partial charge in [-0.2, -0.15) is 0 Å². The van der Waals surface area contributed by atoms with Gasteiger partial charge in [-0.05, 0) is 55.5 Å². The third kappa shape index (κ3) is 5.96. The van der Waals surface area contributed by atoms with Crippen LogP contribution in [-0.4, -0.2) is 23.6 Å². The van der Waals surface area contributed by atoms with Gasteiger partial charge in [0.2, 0.25) is 0 Å². The van der Waals surface area contributed by atoms with Gasteiger partial charge >= 0.3 is 12.1 Å². The Balaban J connectivity index is 1.39. The Hall–Kier alpha value is -4.21. The molecule has 3 aromatic carbocycles. The number of nitro groups is 1. The molecule has 0 spiro atoms. The minimum absolute atomic E-state index is 0.0995. The minimum atomic E-state index is -0.667. The third-order valence-corrected chi connectivity index (χ3v) is 8.43. The number of amides is 1. The lowest BCUT2D eigenvalue weighted by Crippen LogP contribution is -2.23. The summed E-state index contributed by atoms with van der Waals surface area (Å²) in [7, 11) is 0. The van der Waals surface area contributed by atoms with Crippen LogP contribution >= 0.6 is 22.9 Å². The predicted octanol–water partition coefficient (Wildman–Crippen LogP) is 8.55. The average molecular weight is 591 g/mol. The summed E-state index contributed by atoms with van der Waals surface area (Å²) in [4.78, 5) is 37.4. The molecule has 1 aromatic heterocycles. The third-order valence-electron chi connectivity index (χ3n) is 7.11. The number of nitro benzene ring substituents is 1. The number of carbonyl (C=O) groups is 2. The van der Waals surface area contributed by atoms with Crippen molar-refractivity contribution < 1.29 is 24.0 Å². The molecule has 0 radical (unpaired) electrons. The molecule has 1 aliphatic rings. The number of hydrogen-bond acceptors (Lipinski definition) is 7. The summed E-state index contributed by atoms with van der Waals surface area (Å²) in [6, 6.07) is 23.1. The molecule has 1 aliphatic carbocycles. The van der Waals surface area contributed by atoms with E-state index in [-0.39, 0.29) is 11.7 Å². The SMILES string of the molecule is CCOC(=O)C1(c2ccc(-c3ccc(-c4sc(Cl)cc4NC(=O)OC(C)c4ccccc4)cc3[N+](=O)[O-])cc2)CC1. The van der Waals surface area contributed by atoms with Crippen molar-refractivity contribution in [3.05, 3.63) is 104 Å². The van der Waals surface area contributed by atoms with Crippen molar-refractivity contribution in [2.24, 2.45) is 0 Å². The lowest BCUT2D eigenvalue weighted by atomic mass is 9.93. The maximum atomic E-state index is 12.7. The van der Waals surface area contributed by atoms with E-state index >= 15 is 0 Å². The fourth-order valence-corrected chi connectivity index (χ4v) is 5.98. The van der Waals surface area contributed by atoms with E-state index < -0.39 is 22.5 Å². The summed E-state index contributed by atoms with van der Waals surface area (Å²) >= 11 is 7.48. The van der Waals surface area contributed by atoms with E-state index in [1.54, 1.807) is 44.2 Å². The highest BCUT2D eigenvalue weighted by Gasteiger charge is 2.52. The first-order valence-electron chi connectivity index (χ1n) is 13.1. The molecule has 1 amide bonds. The minimum Gasteiger partial charge on any atom is -0.465 e. The first-order valence-corrected chi connectivity index (χ1v) is 14.3. The highest BCUT2D eigenvalue weighted by Crippen LogP contribution is 2.50. The van der Waals surface area contributed by atoms with Gasteiger partial charge in [-0.3, -0.25) is 20.2 Å². The summed E-state index contributed by atoms with van der Waals surface area (Å²) in [5.41, 5.74) is 2.97. The van der Waals surface area contributed by atoms with Gasteiger partial charge in [-0.25, -0.2) is 4.79 Å². The number of rotatable bonds is 9. The van der Waals surface area contributed by atoms with E-state index in [9.17, 15) is 19.7 Å². The van der Waals surface area contributed by atoms with E-state index in [0.29, 0.717) is 38.2 Å². The molecule has 8 nitrogen and oxygen atoms in total. The maximum Gasteiger partial charge on any atom is 0.412 e. The van der Waals surface area contributed by atoms with Crippen molar-refractivity contribution in [3.63, 3.8) is 0 Å². The van der Waals surface area contributed by atoms with E-state index in [1.807, 2.05) is 42.5 Å². The summed E-state index contributed by atoms with van der Waals surface area (Å²) in [6.45, 7) is 3.87. The smallest absolute Gasteiger partial charge is 0.412 e. The first kappa shape index (κ1) is 28.3. The molecule has 1 heterocycles. The number of nitrogens with zero attached hydrogens (tertiary/aromatic N) is 1.